The lowest BCUT2D eigenvalue weighted by Gasteiger charge is -2.01. The largest absolute Gasteiger partial charge is 0.355 e. The molecule has 130 valence electrons. The highest BCUT2D eigenvalue weighted by Gasteiger charge is 2.15. The molecule has 26 heavy (non-hydrogen) atoms. The van der Waals surface area contributed by atoms with Gasteiger partial charge in [-0.05, 0) is 17.7 Å². The van der Waals surface area contributed by atoms with Crippen LogP contribution in [0.3, 0.4) is 0 Å². The van der Waals surface area contributed by atoms with Gasteiger partial charge in [-0.2, -0.15) is 5.10 Å². The molecule has 1 N–H and O–H groups in total. The van der Waals surface area contributed by atoms with Crippen LogP contribution < -0.4 is 5.32 Å². The zero-order valence-corrected chi connectivity index (χ0v) is 14.1. The van der Waals surface area contributed by atoms with Crippen molar-refractivity contribution in [3.63, 3.8) is 0 Å². The van der Waals surface area contributed by atoms with Gasteiger partial charge in [0.25, 0.3) is 5.91 Å². The van der Waals surface area contributed by atoms with Crippen LogP contribution in [0.2, 0.25) is 0 Å². The van der Waals surface area contributed by atoms with Crippen LogP contribution in [0.25, 0.3) is 10.6 Å². The minimum absolute atomic E-state index is 0.159. The van der Waals surface area contributed by atoms with Crippen molar-refractivity contribution in [1.29, 1.82) is 0 Å². The van der Waals surface area contributed by atoms with Crippen molar-refractivity contribution in [2.75, 3.05) is 5.32 Å². The smallest absolute Gasteiger partial charge is 0.277 e. The number of hydrogen-bond acceptors (Lipinski definition) is 6. The number of nitrogens with zero attached hydrogens (tertiary/aromatic N) is 4. The van der Waals surface area contributed by atoms with Crippen LogP contribution in [0.1, 0.15) is 16.1 Å². The molecule has 4 rings (SSSR count). The molecule has 0 unspecified atom stereocenters. The number of nitrogens with one attached hydrogen (secondary N) is 1. The van der Waals surface area contributed by atoms with Gasteiger partial charge in [0.1, 0.15) is 5.82 Å². The topological polar surface area (TPSA) is 85.8 Å². The third kappa shape index (κ3) is 3.52. The number of anilines is 1. The van der Waals surface area contributed by atoms with Gasteiger partial charge in [-0.15, -0.1) is 11.3 Å². The van der Waals surface area contributed by atoms with E-state index in [1.807, 2.05) is 0 Å². The first-order chi connectivity index (χ1) is 12.7. The maximum atomic E-state index is 13.2. The van der Waals surface area contributed by atoms with Crippen LogP contribution >= 0.6 is 11.3 Å². The highest BCUT2D eigenvalue weighted by molar-refractivity contribution is 7.13. The lowest BCUT2D eigenvalue weighted by atomic mass is 10.2. The Kier molecular flexibility index (Phi) is 4.28. The highest BCUT2D eigenvalue weighted by atomic mass is 32.1. The fourth-order valence-corrected chi connectivity index (χ4v) is 2.94. The molecular formula is C17H12FN5O2S. The van der Waals surface area contributed by atoms with Crippen LogP contribution in [0.15, 0.2) is 59.0 Å². The summed E-state index contributed by atoms with van der Waals surface area (Å²) >= 11 is 1.39. The molecule has 0 aliphatic heterocycles. The lowest BCUT2D eigenvalue weighted by molar-refractivity contribution is 0.101. The summed E-state index contributed by atoms with van der Waals surface area (Å²) in [6.07, 6.45) is 4.82. The van der Waals surface area contributed by atoms with Crippen molar-refractivity contribution in [3.8, 4) is 10.6 Å². The molecule has 0 spiro atoms. The van der Waals surface area contributed by atoms with E-state index in [2.05, 4.69) is 20.6 Å². The molecule has 0 saturated carbocycles. The number of amides is 1. The normalized spacial score (nSPS) is 10.8. The summed E-state index contributed by atoms with van der Waals surface area (Å²) in [6.45, 7) is 0.396. The summed E-state index contributed by atoms with van der Waals surface area (Å²) in [5.74, 6) is -0.222. The SMILES string of the molecule is O=C(Nc1cnn(Cc2cccc(F)c2)c1)c1cc(-c2cncs2)on1. The van der Waals surface area contributed by atoms with Crippen molar-refractivity contribution in [3.05, 3.63) is 71.5 Å². The Labute approximate surface area is 151 Å². The van der Waals surface area contributed by atoms with Gasteiger partial charge < -0.3 is 9.84 Å². The number of carbonyl (C=O) groups is 1. The molecule has 4 aromatic rings. The minimum Gasteiger partial charge on any atom is -0.355 e. The van der Waals surface area contributed by atoms with E-state index in [4.69, 9.17) is 4.52 Å². The second-order valence-electron chi connectivity index (χ2n) is 5.45. The predicted octanol–water partition coefficient (Wildman–Crippen LogP) is 3.43. The number of aromatic nitrogens is 4. The first-order valence-electron chi connectivity index (χ1n) is 7.61. The third-order valence-corrected chi connectivity index (χ3v) is 4.33. The fraction of sp³-hybridized carbons (Fsp3) is 0.0588. The van der Waals surface area contributed by atoms with E-state index in [1.54, 1.807) is 40.8 Å². The summed E-state index contributed by atoms with van der Waals surface area (Å²) in [6, 6.07) is 7.83. The average molecular weight is 369 g/mol. The van der Waals surface area contributed by atoms with Crippen molar-refractivity contribution in [2.24, 2.45) is 0 Å². The van der Waals surface area contributed by atoms with Crippen molar-refractivity contribution in [1.82, 2.24) is 19.9 Å². The zero-order chi connectivity index (χ0) is 17.9. The molecule has 1 aromatic carbocycles. The van der Waals surface area contributed by atoms with Crippen LogP contribution in [0, 0.1) is 5.82 Å². The quantitative estimate of drug-likeness (QED) is 0.582. The van der Waals surface area contributed by atoms with Crippen LogP contribution in [0.4, 0.5) is 10.1 Å². The number of rotatable bonds is 5. The summed E-state index contributed by atoms with van der Waals surface area (Å²) in [7, 11) is 0. The fourth-order valence-electron chi connectivity index (χ4n) is 2.37. The van der Waals surface area contributed by atoms with Gasteiger partial charge in [0.05, 0.1) is 28.8 Å². The second kappa shape index (κ2) is 6.89. The van der Waals surface area contributed by atoms with Gasteiger partial charge in [-0.1, -0.05) is 17.3 Å². The van der Waals surface area contributed by atoms with Gasteiger partial charge in [0.2, 0.25) is 0 Å². The first-order valence-corrected chi connectivity index (χ1v) is 8.49. The molecule has 3 aromatic heterocycles. The van der Waals surface area contributed by atoms with Gasteiger partial charge in [-0.25, -0.2) is 4.39 Å². The Balaban J connectivity index is 1.43. The van der Waals surface area contributed by atoms with E-state index in [0.29, 0.717) is 18.0 Å². The Morgan fingerprint density at radius 3 is 3.04 bits per heavy atom. The molecule has 0 fully saturated rings. The van der Waals surface area contributed by atoms with Crippen LogP contribution in [-0.4, -0.2) is 25.8 Å². The third-order valence-electron chi connectivity index (χ3n) is 3.54. The Hall–Kier alpha value is -3.33. The van der Waals surface area contributed by atoms with Crippen molar-refractivity contribution in [2.45, 2.75) is 6.54 Å². The Morgan fingerprint density at radius 2 is 2.23 bits per heavy atom. The molecule has 0 atom stereocenters. The molecule has 7 nitrogen and oxygen atoms in total. The molecule has 1 amide bonds. The van der Waals surface area contributed by atoms with E-state index in [1.165, 1.54) is 29.7 Å². The number of hydrogen-bond donors (Lipinski definition) is 1. The van der Waals surface area contributed by atoms with Gasteiger partial charge in [0, 0.05) is 18.5 Å². The summed E-state index contributed by atoms with van der Waals surface area (Å²) in [5.41, 5.74) is 3.11. The summed E-state index contributed by atoms with van der Waals surface area (Å²) in [4.78, 5) is 17.0. The van der Waals surface area contributed by atoms with Gasteiger partial charge in [0.15, 0.2) is 11.5 Å². The zero-order valence-electron chi connectivity index (χ0n) is 13.3. The molecule has 0 radical (unpaired) electrons. The predicted molar refractivity (Wildman–Crippen MR) is 93.3 cm³/mol. The van der Waals surface area contributed by atoms with Crippen molar-refractivity contribution < 1.29 is 13.7 Å². The van der Waals surface area contributed by atoms with E-state index in [-0.39, 0.29) is 11.5 Å². The maximum absolute atomic E-state index is 13.2. The van der Waals surface area contributed by atoms with Gasteiger partial charge >= 0.3 is 0 Å². The van der Waals surface area contributed by atoms with Crippen LogP contribution in [-0.2, 0) is 6.54 Å². The number of thiazole rings is 1. The molecule has 0 bridgehead atoms. The van der Waals surface area contributed by atoms with Crippen molar-refractivity contribution >= 4 is 22.9 Å². The highest BCUT2D eigenvalue weighted by Crippen LogP contribution is 2.24. The second-order valence-corrected chi connectivity index (χ2v) is 6.34. The summed E-state index contributed by atoms with van der Waals surface area (Å²) in [5, 5.41) is 10.6. The Bertz CT molecular complexity index is 1040. The number of halogens is 1. The molecule has 0 aliphatic carbocycles. The molecule has 3 heterocycles. The first kappa shape index (κ1) is 16.2. The molecule has 0 saturated heterocycles. The van der Waals surface area contributed by atoms with E-state index >= 15 is 0 Å². The standard InChI is InChI=1S/C17H12FN5O2S/c18-12-3-1-2-11(4-12)8-23-9-13(6-20-23)21-17(24)14-5-15(25-22-14)16-7-19-10-26-16/h1-7,9-10H,8H2,(H,21,24). The van der Waals surface area contributed by atoms with Crippen LogP contribution in [0.5, 0.6) is 0 Å². The molecule has 9 heteroatoms. The molecular weight excluding hydrogens is 357 g/mol. The monoisotopic (exact) mass is 369 g/mol. The number of carbonyl (C=O) groups excluding carboxylic acids is 1. The lowest BCUT2D eigenvalue weighted by Crippen LogP contribution is -2.11. The van der Waals surface area contributed by atoms with E-state index in [0.717, 1.165) is 10.4 Å². The van der Waals surface area contributed by atoms with E-state index < -0.39 is 5.91 Å². The maximum Gasteiger partial charge on any atom is 0.277 e. The van der Waals surface area contributed by atoms with Gasteiger partial charge in [-0.3, -0.25) is 14.5 Å². The van der Waals surface area contributed by atoms with E-state index in [9.17, 15) is 9.18 Å². The molecule has 0 aliphatic rings. The average Bonchev–Trinajstić information content (AvgIpc) is 3.36. The summed E-state index contributed by atoms with van der Waals surface area (Å²) < 4.78 is 20.0. The number of benzene rings is 1. The Morgan fingerprint density at radius 1 is 1.31 bits per heavy atom. The minimum atomic E-state index is -0.408.